The van der Waals surface area contributed by atoms with Crippen LogP contribution in [0.15, 0.2) is 12.2 Å². The molecule has 2 aliphatic carbocycles. The van der Waals surface area contributed by atoms with E-state index in [0.717, 1.165) is 12.8 Å². The molecule has 0 saturated heterocycles. The van der Waals surface area contributed by atoms with Gasteiger partial charge in [-0.15, -0.1) is 0 Å². The van der Waals surface area contributed by atoms with Crippen molar-refractivity contribution in [2.75, 3.05) is 0 Å². The van der Waals surface area contributed by atoms with E-state index in [9.17, 15) is 4.79 Å². The molecular weight excluding hydrogens is 148 g/mol. The second kappa shape index (κ2) is 2.21. The zero-order valence-corrected chi connectivity index (χ0v) is 7.89. The molecule has 2 saturated carbocycles. The van der Waals surface area contributed by atoms with E-state index in [4.69, 9.17) is 0 Å². The lowest BCUT2D eigenvalue weighted by molar-refractivity contribution is -0.122. The third-order valence-electron chi connectivity index (χ3n) is 3.86. The van der Waals surface area contributed by atoms with Crippen molar-refractivity contribution in [1.82, 2.24) is 0 Å². The number of fused-ring (bicyclic) bond motifs is 2. The highest BCUT2D eigenvalue weighted by molar-refractivity contribution is 5.81. The summed E-state index contributed by atoms with van der Waals surface area (Å²) in [6.45, 7) is 8.60. The average Bonchev–Trinajstić information content (AvgIpc) is 2.14. The Kier molecular flexibility index (Phi) is 1.48. The van der Waals surface area contributed by atoms with Gasteiger partial charge < -0.3 is 0 Å². The molecular formula is C11H16O. The third-order valence-corrected chi connectivity index (χ3v) is 3.86. The molecule has 0 aromatic carbocycles. The lowest BCUT2D eigenvalue weighted by Crippen LogP contribution is -2.21. The smallest absolute Gasteiger partial charge is 0.133 e. The van der Waals surface area contributed by atoms with Gasteiger partial charge in [-0.3, -0.25) is 4.79 Å². The first-order chi connectivity index (χ1) is 5.51. The molecule has 2 atom stereocenters. The minimum Gasteiger partial charge on any atom is -0.300 e. The number of hydrogen-bond acceptors (Lipinski definition) is 1. The Hall–Kier alpha value is -0.590. The van der Waals surface area contributed by atoms with Crippen LogP contribution in [-0.2, 0) is 4.79 Å². The molecule has 2 fully saturated rings. The summed E-state index contributed by atoms with van der Waals surface area (Å²) in [6.07, 6.45) is 2.76. The predicted molar refractivity (Wildman–Crippen MR) is 48.8 cm³/mol. The van der Waals surface area contributed by atoms with E-state index in [-0.39, 0.29) is 5.41 Å². The highest BCUT2D eigenvalue weighted by atomic mass is 16.1. The zero-order chi connectivity index (χ0) is 8.93. The van der Waals surface area contributed by atoms with Crippen LogP contribution in [0.3, 0.4) is 0 Å². The van der Waals surface area contributed by atoms with Crippen molar-refractivity contribution in [2.45, 2.75) is 33.1 Å². The predicted octanol–water partition coefficient (Wildman–Crippen LogP) is 2.57. The van der Waals surface area contributed by atoms with Gasteiger partial charge >= 0.3 is 0 Å². The summed E-state index contributed by atoms with van der Waals surface area (Å²) in [5.74, 6) is 1.53. The van der Waals surface area contributed by atoms with Crippen LogP contribution in [0.1, 0.15) is 33.1 Å². The highest BCUT2D eigenvalue weighted by Gasteiger charge is 2.47. The Morgan fingerprint density at radius 3 is 2.67 bits per heavy atom. The van der Waals surface area contributed by atoms with Crippen LogP contribution in [0.5, 0.6) is 0 Å². The molecule has 0 amide bonds. The van der Waals surface area contributed by atoms with Crippen LogP contribution in [0.2, 0.25) is 0 Å². The van der Waals surface area contributed by atoms with Gasteiger partial charge in [-0.2, -0.15) is 0 Å². The van der Waals surface area contributed by atoms with E-state index < -0.39 is 0 Å². The molecule has 2 rings (SSSR count). The number of carbonyl (C=O) groups excluding carboxylic acids is 1. The molecule has 1 nitrogen and oxygen atoms in total. The number of carbonyl (C=O) groups is 1. The van der Waals surface area contributed by atoms with Gasteiger partial charge in [0.2, 0.25) is 0 Å². The lowest BCUT2D eigenvalue weighted by atomic mass is 9.78. The maximum Gasteiger partial charge on any atom is 0.133 e. The highest BCUT2D eigenvalue weighted by Crippen LogP contribution is 2.55. The lowest BCUT2D eigenvalue weighted by Gasteiger charge is -2.26. The summed E-state index contributed by atoms with van der Waals surface area (Å²) in [4.78, 5) is 11.3. The average molecular weight is 164 g/mol. The number of hydrogen-bond donors (Lipinski definition) is 0. The van der Waals surface area contributed by atoms with Crippen molar-refractivity contribution in [3.8, 4) is 0 Å². The van der Waals surface area contributed by atoms with E-state index in [2.05, 4.69) is 20.4 Å². The van der Waals surface area contributed by atoms with Crippen molar-refractivity contribution in [3.05, 3.63) is 12.2 Å². The monoisotopic (exact) mass is 164 g/mol. The van der Waals surface area contributed by atoms with Gasteiger partial charge in [0.15, 0.2) is 0 Å². The quantitative estimate of drug-likeness (QED) is 0.503. The SMILES string of the molecule is C=C1C2CC(=O)CC(C2)C1(C)C. The molecule has 0 heterocycles. The number of rotatable bonds is 0. The van der Waals surface area contributed by atoms with Gasteiger partial charge in [0.25, 0.3) is 0 Å². The molecule has 0 N–H and O–H groups in total. The van der Waals surface area contributed by atoms with E-state index in [1.54, 1.807) is 0 Å². The second-order valence-electron chi connectivity index (χ2n) is 4.82. The molecule has 0 radical (unpaired) electrons. The van der Waals surface area contributed by atoms with Crippen molar-refractivity contribution in [1.29, 1.82) is 0 Å². The van der Waals surface area contributed by atoms with Gasteiger partial charge in [-0.05, 0) is 23.7 Å². The molecule has 1 heteroatoms. The van der Waals surface area contributed by atoms with Gasteiger partial charge in [0.05, 0.1) is 0 Å². The van der Waals surface area contributed by atoms with E-state index >= 15 is 0 Å². The fourth-order valence-electron chi connectivity index (χ4n) is 2.75. The first-order valence-electron chi connectivity index (χ1n) is 4.73. The zero-order valence-electron chi connectivity index (χ0n) is 7.89. The normalized spacial score (nSPS) is 38.8. The second-order valence-corrected chi connectivity index (χ2v) is 4.82. The van der Waals surface area contributed by atoms with Crippen LogP contribution in [0.4, 0.5) is 0 Å². The Morgan fingerprint density at radius 1 is 1.42 bits per heavy atom. The molecule has 66 valence electrons. The van der Waals surface area contributed by atoms with Gasteiger partial charge in [0, 0.05) is 12.8 Å². The number of Topliss-reactive ketones (excluding diaryl/α,β-unsaturated/α-hetero) is 1. The molecule has 2 aliphatic rings. The van der Waals surface area contributed by atoms with Crippen LogP contribution >= 0.6 is 0 Å². The van der Waals surface area contributed by atoms with Crippen LogP contribution < -0.4 is 0 Å². The van der Waals surface area contributed by atoms with Crippen LogP contribution in [-0.4, -0.2) is 5.78 Å². The summed E-state index contributed by atoms with van der Waals surface area (Å²) in [6, 6.07) is 0. The van der Waals surface area contributed by atoms with Crippen molar-refractivity contribution in [2.24, 2.45) is 17.3 Å². The molecule has 0 aromatic rings. The number of ketones is 1. The van der Waals surface area contributed by atoms with E-state index in [1.165, 1.54) is 12.0 Å². The first-order valence-corrected chi connectivity index (χ1v) is 4.73. The van der Waals surface area contributed by atoms with Gasteiger partial charge in [0.1, 0.15) is 5.78 Å². The molecule has 0 aliphatic heterocycles. The minimum absolute atomic E-state index is 0.219. The van der Waals surface area contributed by atoms with Gasteiger partial charge in [-0.25, -0.2) is 0 Å². The van der Waals surface area contributed by atoms with Crippen molar-refractivity contribution in [3.63, 3.8) is 0 Å². The first kappa shape index (κ1) is 8.03. The molecule has 12 heavy (non-hydrogen) atoms. The molecule has 2 bridgehead atoms. The molecule has 0 aromatic heterocycles. The maximum atomic E-state index is 11.3. The van der Waals surface area contributed by atoms with Crippen LogP contribution in [0.25, 0.3) is 0 Å². The fraction of sp³-hybridized carbons (Fsp3) is 0.727. The summed E-state index contributed by atoms with van der Waals surface area (Å²) in [7, 11) is 0. The Morgan fingerprint density at radius 2 is 2.08 bits per heavy atom. The molecule has 0 spiro atoms. The fourth-order valence-corrected chi connectivity index (χ4v) is 2.75. The topological polar surface area (TPSA) is 17.1 Å². The third kappa shape index (κ3) is 0.886. The summed E-state index contributed by atoms with van der Waals surface area (Å²) in [5.41, 5.74) is 1.54. The summed E-state index contributed by atoms with van der Waals surface area (Å²) >= 11 is 0. The minimum atomic E-state index is 0.219. The van der Waals surface area contributed by atoms with E-state index in [1.807, 2.05) is 0 Å². The Balaban J connectivity index is 2.34. The Labute approximate surface area is 73.8 Å². The molecule has 2 unspecified atom stereocenters. The van der Waals surface area contributed by atoms with Crippen LogP contribution in [0, 0.1) is 17.3 Å². The Bertz CT molecular complexity index is 250. The summed E-state index contributed by atoms with van der Waals surface area (Å²) < 4.78 is 0. The van der Waals surface area contributed by atoms with Crippen molar-refractivity contribution >= 4 is 5.78 Å². The number of allylic oxidation sites excluding steroid dienone is 1. The van der Waals surface area contributed by atoms with Crippen molar-refractivity contribution < 1.29 is 4.79 Å². The maximum absolute atomic E-state index is 11.3. The largest absolute Gasteiger partial charge is 0.300 e. The summed E-state index contributed by atoms with van der Waals surface area (Å²) in [5, 5.41) is 0. The van der Waals surface area contributed by atoms with E-state index in [0.29, 0.717) is 17.6 Å². The van der Waals surface area contributed by atoms with Gasteiger partial charge in [-0.1, -0.05) is 26.0 Å². The standard InChI is InChI=1S/C11H16O/c1-7-8-4-9(11(7,2)3)6-10(12)5-8/h8-9H,1,4-6H2,2-3H3.